The highest BCUT2D eigenvalue weighted by molar-refractivity contribution is 7.84. The van der Waals surface area contributed by atoms with Crippen LogP contribution >= 0.6 is 0 Å². The van der Waals surface area contributed by atoms with Crippen LogP contribution in [0.1, 0.15) is 24.5 Å². The Bertz CT molecular complexity index is 551. The molecule has 20 heavy (non-hydrogen) atoms. The third kappa shape index (κ3) is 4.35. The van der Waals surface area contributed by atoms with Gasteiger partial charge in [0.05, 0.1) is 26.2 Å². The summed E-state index contributed by atoms with van der Waals surface area (Å²) in [5.41, 5.74) is 1.24. The second-order valence-electron chi connectivity index (χ2n) is 4.26. The molecule has 1 rings (SSSR count). The van der Waals surface area contributed by atoms with Crippen LogP contribution in [0.5, 0.6) is 5.75 Å². The maximum atomic E-state index is 12.1. The van der Waals surface area contributed by atoms with E-state index in [1.807, 2.05) is 6.07 Å². The third-order valence-corrected chi connectivity index (χ3v) is 4.51. The topological polar surface area (TPSA) is 76.4 Å². The highest BCUT2D eigenvalue weighted by Gasteiger charge is 2.17. The summed E-state index contributed by atoms with van der Waals surface area (Å²) in [6.07, 6.45) is 0.122. The molecule has 0 fully saturated rings. The molecule has 0 aromatic heterocycles. The van der Waals surface area contributed by atoms with Crippen LogP contribution in [0.15, 0.2) is 18.2 Å². The highest BCUT2D eigenvalue weighted by atomic mass is 32.2. The van der Waals surface area contributed by atoms with Crippen molar-refractivity contribution in [3.63, 3.8) is 0 Å². The molecule has 0 saturated heterocycles. The number of nitriles is 1. The second kappa shape index (κ2) is 7.65. The summed E-state index contributed by atoms with van der Waals surface area (Å²) >= 11 is 0. The van der Waals surface area contributed by atoms with Crippen LogP contribution in [-0.2, 0) is 26.1 Å². The fourth-order valence-electron chi connectivity index (χ4n) is 1.64. The molecule has 0 aliphatic heterocycles. The first-order chi connectivity index (χ1) is 9.51. The van der Waals surface area contributed by atoms with Gasteiger partial charge in [-0.15, -0.1) is 0 Å². The molecule has 0 aliphatic carbocycles. The van der Waals surface area contributed by atoms with Crippen molar-refractivity contribution < 1.29 is 18.5 Å². The van der Waals surface area contributed by atoms with Gasteiger partial charge in [0.15, 0.2) is 0 Å². The highest BCUT2D eigenvalue weighted by Crippen LogP contribution is 2.21. The van der Waals surface area contributed by atoms with Gasteiger partial charge in [0.1, 0.15) is 11.8 Å². The summed E-state index contributed by atoms with van der Waals surface area (Å²) in [5, 5.41) is 8.61. The van der Waals surface area contributed by atoms with Crippen LogP contribution in [0, 0.1) is 11.3 Å². The SMILES string of the molecule is COC(=O)CC(C)S(=O)Cc1ccc(C#N)c(OC)c1. The molecule has 0 spiro atoms. The van der Waals surface area contributed by atoms with Gasteiger partial charge in [-0.2, -0.15) is 5.26 Å². The van der Waals surface area contributed by atoms with E-state index >= 15 is 0 Å². The Hall–Kier alpha value is -1.87. The van der Waals surface area contributed by atoms with Crippen LogP contribution in [0.3, 0.4) is 0 Å². The molecule has 6 heteroatoms. The van der Waals surface area contributed by atoms with E-state index in [1.165, 1.54) is 14.2 Å². The van der Waals surface area contributed by atoms with E-state index in [9.17, 15) is 9.00 Å². The minimum atomic E-state index is -1.20. The number of methoxy groups -OCH3 is 2. The van der Waals surface area contributed by atoms with Gasteiger partial charge in [0.25, 0.3) is 0 Å². The Labute approximate surface area is 121 Å². The summed E-state index contributed by atoms with van der Waals surface area (Å²) in [6.45, 7) is 1.74. The number of benzene rings is 1. The number of carbonyl (C=O) groups excluding carboxylic acids is 1. The predicted molar refractivity (Wildman–Crippen MR) is 75.7 cm³/mol. The molecule has 0 heterocycles. The molecule has 0 aliphatic rings. The van der Waals surface area contributed by atoms with Crippen molar-refractivity contribution in [1.82, 2.24) is 0 Å². The Balaban J connectivity index is 2.76. The minimum Gasteiger partial charge on any atom is -0.495 e. The van der Waals surface area contributed by atoms with Gasteiger partial charge in [0.2, 0.25) is 0 Å². The summed E-state index contributed by atoms with van der Waals surface area (Å²) in [7, 11) is 1.60. The zero-order valence-corrected chi connectivity index (χ0v) is 12.5. The van der Waals surface area contributed by atoms with Crippen molar-refractivity contribution in [1.29, 1.82) is 5.26 Å². The molecule has 2 atom stereocenters. The third-order valence-electron chi connectivity index (χ3n) is 2.83. The largest absolute Gasteiger partial charge is 0.495 e. The quantitative estimate of drug-likeness (QED) is 0.747. The maximum Gasteiger partial charge on any atom is 0.306 e. The van der Waals surface area contributed by atoms with E-state index in [4.69, 9.17) is 10.00 Å². The van der Waals surface area contributed by atoms with E-state index in [0.29, 0.717) is 17.1 Å². The van der Waals surface area contributed by atoms with Crippen molar-refractivity contribution in [3.05, 3.63) is 29.3 Å². The van der Waals surface area contributed by atoms with E-state index in [0.717, 1.165) is 5.56 Å². The predicted octanol–water partition coefficient (Wildman–Crippen LogP) is 1.77. The molecule has 0 bridgehead atoms. The average Bonchev–Trinajstić information content (AvgIpc) is 2.46. The zero-order chi connectivity index (χ0) is 15.1. The van der Waals surface area contributed by atoms with Gasteiger partial charge in [-0.3, -0.25) is 9.00 Å². The van der Waals surface area contributed by atoms with E-state index in [2.05, 4.69) is 4.74 Å². The van der Waals surface area contributed by atoms with E-state index in [1.54, 1.807) is 25.1 Å². The number of esters is 1. The lowest BCUT2D eigenvalue weighted by Gasteiger charge is -2.11. The van der Waals surface area contributed by atoms with Crippen molar-refractivity contribution in [2.75, 3.05) is 14.2 Å². The van der Waals surface area contributed by atoms with Crippen molar-refractivity contribution in [2.24, 2.45) is 0 Å². The van der Waals surface area contributed by atoms with Crippen LogP contribution in [0.4, 0.5) is 0 Å². The number of nitrogens with zero attached hydrogens (tertiary/aromatic N) is 1. The molecule has 1 aromatic carbocycles. The molecule has 5 nitrogen and oxygen atoms in total. The first kappa shape index (κ1) is 16.2. The first-order valence-corrected chi connectivity index (χ1v) is 7.41. The molecule has 0 amide bonds. The van der Waals surface area contributed by atoms with Crippen LogP contribution in [-0.4, -0.2) is 29.6 Å². The van der Waals surface area contributed by atoms with Gasteiger partial charge in [0, 0.05) is 21.8 Å². The number of rotatable bonds is 6. The van der Waals surface area contributed by atoms with Gasteiger partial charge < -0.3 is 9.47 Å². The Morgan fingerprint density at radius 1 is 1.45 bits per heavy atom. The molecular formula is C14H17NO4S. The summed E-state index contributed by atoms with van der Waals surface area (Å²) < 4.78 is 21.8. The molecule has 0 N–H and O–H groups in total. The number of hydrogen-bond donors (Lipinski definition) is 0. The molecule has 2 unspecified atom stereocenters. The van der Waals surface area contributed by atoms with Crippen molar-refractivity contribution in [3.8, 4) is 11.8 Å². The van der Waals surface area contributed by atoms with Crippen molar-refractivity contribution >= 4 is 16.8 Å². The first-order valence-electron chi connectivity index (χ1n) is 6.02. The van der Waals surface area contributed by atoms with E-state index in [-0.39, 0.29) is 17.6 Å². The van der Waals surface area contributed by atoms with Crippen LogP contribution in [0.2, 0.25) is 0 Å². The van der Waals surface area contributed by atoms with Crippen LogP contribution in [0.25, 0.3) is 0 Å². The Kier molecular flexibility index (Phi) is 6.19. The van der Waals surface area contributed by atoms with E-state index < -0.39 is 10.8 Å². The van der Waals surface area contributed by atoms with Gasteiger partial charge in [-0.25, -0.2) is 0 Å². The fourth-order valence-corrected chi connectivity index (χ4v) is 2.75. The Morgan fingerprint density at radius 2 is 2.15 bits per heavy atom. The fraction of sp³-hybridized carbons (Fsp3) is 0.429. The number of carbonyl (C=O) groups is 1. The maximum absolute atomic E-state index is 12.1. The molecule has 108 valence electrons. The smallest absolute Gasteiger partial charge is 0.306 e. The van der Waals surface area contributed by atoms with Gasteiger partial charge >= 0.3 is 5.97 Å². The van der Waals surface area contributed by atoms with Crippen LogP contribution < -0.4 is 4.74 Å². The number of hydrogen-bond acceptors (Lipinski definition) is 5. The van der Waals surface area contributed by atoms with Crippen molar-refractivity contribution in [2.45, 2.75) is 24.3 Å². The molecule has 1 aromatic rings. The lowest BCUT2D eigenvalue weighted by molar-refractivity contribution is -0.140. The second-order valence-corrected chi connectivity index (χ2v) is 6.12. The average molecular weight is 295 g/mol. The minimum absolute atomic E-state index is 0.122. The monoisotopic (exact) mass is 295 g/mol. The molecular weight excluding hydrogens is 278 g/mol. The van der Waals surface area contributed by atoms with Gasteiger partial charge in [-0.05, 0) is 17.7 Å². The lowest BCUT2D eigenvalue weighted by Crippen LogP contribution is -2.18. The number of ether oxygens (including phenoxy) is 2. The summed E-state index contributed by atoms with van der Waals surface area (Å²) in [4.78, 5) is 11.2. The molecule has 0 saturated carbocycles. The normalized spacial score (nSPS) is 13.1. The molecule has 0 radical (unpaired) electrons. The van der Waals surface area contributed by atoms with Gasteiger partial charge in [-0.1, -0.05) is 13.0 Å². The summed E-state index contributed by atoms with van der Waals surface area (Å²) in [6, 6.07) is 7.09. The lowest BCUT2D eigenvalue weighted by atomic mass is 10.1. The zero-order valence-electron chi connectivity index (χ0n) is 11.7. The standard InChI is InChI=1S/C14H17NO4S/c1-10(6-14(16)19-3)20(17)9-11-4-5-12(8-15)13(7-11)18-2/h4-5,7,10H,6,9H2,1-3H3. The Morgan fingerprint density at radius 3 is 2.70 bits per heavy atom. The summed E-state index contributed by atoms with van der Waals surface area (Å²) in [5.74, 6) is 0.395.